The fourth-order valence-corrected chi connectivity index (χ4v) is 2.71. The maximum absolute atomic E-state index is 13.2. The summed E-state index contributed by atoms with van der Waals surface area (Å²) in [5.41, 5.74) is 0.472. The van der Waals surface area contributed by atoms with Crippen molar-refractivity contribution in [3.8, 4) is 11.4 Å². The van der Waals surface area contributed by atoms with Gasteiger partial charge in [0.05, 0.1) is 11.0 Å². The predicted molar refractivity (Wildman–Crippen MR) is 71.3 cm³/mol. The molecule has 0 aliphatic carbocycles. The Morgan fingerprint density at radius 2 is 1.76 bits per heavy atom. The molecule has 0 saturated heterocycles. The Labute approximate surface area is 118 Å². The Balaban J connectivity index is 2.27. The molecule has 1 aromatic heterocycles. The number of imidazole rings is 1. The van der Waals surface area contributed by atoms with Crippen LogP contribution in [0, 0.1) is 11.6 Å². The highest BCUT2D eigenvalue weighted by atomic mass is 32.2. The first kappa shape index (κ1) is 13.7. The maximum atomic E-state index is 13.2. The Bertz CT molecular complexity index is 912. The second-order valence-electron chi connectivity index (χ2n) is 4.34. The third kappa shape index (κ3) is 2.39. The number of rotatable bonds is 2. The maximum Gasteiger partial charge on any atom is 0.295 e. The number of hydrogen-bond donors (Lipinski definition) is 2. The summed E-state index contributed by atoms with van der Waals surface area (Å²) in [6.07, 6.45) is 0. The van der Waals surface area contributed by atoms with Crippen LogP contribution in [0.5, 0.6) is 0 Å². The van der Waals surface area contributed by atoms with E-state index >= 15 is 0 Å². The first-order valence-corrected chi connectivity index (χ1v) is 7.22. The third-order valence-corrected chi connectivity index (χ3v) is 3.86. The third-order valence-electron chi connectivity index (χ3n) is 2.94. The summed E-state index contributed by atoms with van der Waals surface area (Å²) in [5.74, 6) is -2.01. The number of benzene rings is 2. The van der Waals surface area contributed by atoms with Crippen LogP contribution in [-0.2, 0) is 10.1 Å². The van der Waals surface area contributed by atoms with Crippen molar-refractivity contribution in [1.82, 2.24) is 9.97 Å². The van der Waals surface area contributed by atoms with Crippen LogP contribution >= 0.6 is 0 Å². The van der Waals surface area contributed by atoms with Crippen LogP contribution in [0.3, 0.4) is 0 Å². The standard InChI is InChI=1S/C13H8F2N2O3S/c14-8-5-10-11(6-9(8)15)17-13(16-10)7-3-1-2-4-12(7)21(18,19)20/h1-6H,(H,16,17)(H,18,19,20). The van der Waals surface area contributed by atoms with Gasteiger partial charge in [-0.05, 0) is 12.1 Å². The van der Waals surface area contributed by atoms with Crippen molar-refractivity contribution in [3.63, 3.8) is 0 Å². The van der Waals surface area contributed by atoms with Gasteiger partial charge in [0.1, 0.15) is 10.7 Å². The van der Waals surface area contributed by atoms with Gasteiger partial charge < -0.3 is 4.98 Å². The fraction of sp³-hybridized carbons (Fsp3) is 0. The van der Waals surface area contributed by atoms with Crippen molar-refractivity contribution in [2.24, 2.45) is 0 Å². The number of H-pyrrole nitrogens is 1. The lowest BCUT2D eigenvalue weighted by atomic mass is 10.2. The number of halogens is 2. The molecular weight excluding hydrogens is 302 g/mol. The van der Waals surface area contributed by atoms with Crippen molar-refractivity contribution in [3.05, 3.63) is 48.0 Å². The number of aromatic nitrogens is 2. The molecule has 0 aliphatic heterocycles. The summed E-state index contributed by atoms with van der Waals surface area (Å²) in [6.45, 7) is 0. The van der Waals surface area contributed by atoms with Gasteiger partial charge in [-0.2, -0.15) is 8.42 Å². The number of aromatic amines is 1. The molecule has 0 spiro atoms. The number of nitrogens with zero attached hydrogens (tertiary/aromatic N) is 1. The van der Waals surface area contributed by atoms with Crippen LogP contribution in [0.4, 0.5) is 8.78 Å². The second kappa shape index (κ2) is 4.61. The molecule has 2 aromatic carbocycles. The van der Waals surface area contributed by atoms with Gasteiger partial charge in [0.25, 0.3) is 10.1 Å². The van der Waals surface area contributed by atoms with Crippen LogP contribution in [0.25, 0.3) is 22.4 Å². The number of hydrogen-bond acceptors (Lipinski definition) is 3. The Kier molecular flexibility index (Phi) is 2.99. The van der Waals surface area contributed by atoms with E-state index in [9.17, 15) is 21.8 Å². The smallest absolute Gasteiger partial charge is 0.295 e. The van der Waals surface area contributed by atoms with E-state index in [0.29, 0.717) is 0 Å². The van der Waals surface area contributed by atoms with E-state index in [4.69, 9.17) is 0 Å². The van der Waals surface area contributed by atoms with Gasteiger partial charge in [-0.1, -0.05) is 12.1 Å². The summed E-state index contributed by atoms with van der Waals surface area (Å²) in [6, 6.07) is 7.46. The Morgan fingerprint density at radius 1 is 1.10 bits per heavy atom. The first-order valence-electron chi connectivity index (χ1n) is 5.78. The van der Waals surface area contributed by atoms with E-state index in [0.717, 1.165) is 12.1 Å². The highest BCUT2D eigenvalue weighted by Gasteiger charge is 2.18. The predicted octanol–water partition coefficient (Wildman–Crippen LogP) is 2.75. The SMILES string of the molecule is O=S(=O)(O)c1ccccc1-c1nc2cc(F)c(F)cc2[nH]1. The van der Waals surface area contributed by atoms with Crippen molar-refractivity contribution in [1.29, 1.82) is 0 Å². The topological polar surface area (TPSA) is 83.1 Å². The highest BCUT2D eigenvalue weighted by Crippen LogP contribution is 2.27. The molecule has 0 radical (unpaired) electrons. The van der Waals surface area contributed by atoms with E-state index < -0.39 is 21.8 Å². The van der Waals surface area contributed by atoms with E-state index in [1.807, 2.05) is 0 Å². The molecule has 0 saturated carbocycles. The lowest BCUT2D eigenvalue weighted by Gasteiger charge is -2.03. The molecule has 0 fully saturated rings. The van der Waals surface area contributed by atoms with Crippen molar-refractivity contribution < 1.29 is 21.8 Å². The van der Waals surface area contributed by atoms with Gasteiger partial charge >= 0.3 is 0 Å². The monoisotopic (exact) mass is 310 g/mol. The van der Waals surface area contributed by atoms with Crippen LogP contribution in [0.15, 0.2) is 41.3 Å². The zero-order chi connectivity index (χ0) is 15.2. The molecule has 0 unspecified atom stereocenters. The minimum atomic E-state index is -4.44. The van der Waals surface area contributed by atoms with Crippen LogP contribution in [0.1, 0.15) is 0 Å². The molecule has 8 heteroatoms. The zero-order valence-electron chi connectivity index (χ0n) is 10.3. The molecule has 1 heterocycles. The molecule has 0 atom stereocenters. The van der Waals surface area contributed by atoms with Crippen LogP contribution < -0.4 is 0 Å². The second-order valence-corrected chi connectivity index (χ2v) is 5.73. The average molecular weight is 310 g/mol. The minimum Gasteiger partial charge on any atom is -0.338 e. The average Bonchev–Trinajstić information content (AvgIpc) is 2.81. The van der Waals surface area contributed by atoms with Crippen molar-refractivity contribution in [2.75, 3.05) is 0 Å². The molecule has 0 bridgehead atoms. The van der Waals surface area contributed by atoms with Gasteiger partial charge in [-0.3, -0.25) is 4.55 Å². The molecule has 21 heavy (non-hydrogen) atoms. The molecule has 0 amide bonds. The van der Waals surface area contributed by atoms with Crippen molar-refractivity contribution >= 4 is 21.2 Å². The molecule has 2 N–H and O–H groups in total. The van der Waals surface area contributed by atoms with Gasteiger partial charge in [0.15, 0.2) is 11.6 Å². The van der Waals surface area contributed by atoms with Crippen LogP contribution in [0.2, 0.25) is 0 Å². The Morgan fingerprint density at radius 3 is 2.48 bits per heavy atom. The lowest BCUT2D eigenvalue weighted by molar-refractivity contribution is 0.483. The van der Waals surface area contributed by atoms with E-state index in [2.05, 4.69) is 9.97 Å². The Hall–Kier alpha value is -2.32. The molecule has 3 rings (SSSR count). The van der Waals surface area contributed by atoms with Crippen molar-refractivity contribution in [2.45, 2.75) is 4.90 Å². The molecule has 3 aromatic rings. The normalized spacial score (nSPS) is 12.0. The van der Waals surface area contributed by atoms with E-state index in [1.165, 1.54) is 18.2 Å². The molecule has 5 nitrogen and oxygen atoms in total. The summed E-state index contributed by atoms with van der Waals surface area (Å²) in [5, 5.41) is 0. The number of fused-ring (bicyclic) bond motifs is 1. The van der Waals surface area contributed by atoms with E-state index in [1.54, 1.807) is 6.07 Å². The summed E-state index contributed by atoms with van der Waals surface area (Å²) < 4.78 is 58.2. The van der Waals surface area contributed by atoms with Gasteiger partial charge in [-0.25, -0.2) is 13.8 Å². The van der Waals surface area contributed by atoms with Gasteiger partial charge in [0.2, 0.25) is 0 Å². The summed E-state index contributed by atoms with van der Waals surface area (Å²) >= 11 is 0. The fourth-order valence-electron chi connectivity index (χ4n) is 2.02. The highest BCUT2D eigenvalue weighted by molar-refractivity contribution is 7.86. The largest absolute Gasteiger partial charge is 0.338 e. The van der Waals surface area contributed by atoms with Gasteiger partial charge in [-0.15, -0.1) is 0 Å². The summed E-state index contributed by atoms with van der Waals surface area (Å²) in [4.78, 5) is 6.38. The number of nitrogens with one attached hydrogen (secondary N) is 1. The molecule has 108 valence electrons. The van der Waals surface area contributed by atoms with Crippen LogP contribution in [-0.4, -0.2) is 22.9 Å². The quantitative estimate of drug-likeness (QED) is 0.713. The van der Waals surface area contributed by atoms with E-state index in [-0.39, 0.29) is 27.3 Å². The summed E-state index contributed by atoms with van der Waals surface area (Å²) in [7, 11) is -4.44. The first-order chi connectivity index (χ1) is 9.86. The lowest BCUT2D eigenvalue weighted by Crippen LogP contribution is -2.01. The minimum absolute atomic E-state index is 0.0863. The zero-order valence-corrected chi connectivity index (χ0v) is 11.2. The molecular formula is C13H8F2N2O3S. The molecule has 0 aliphatic rings. The van der Waals surface area contributed by atoms with Gasteiger partial charge in [0, 0.05) is 17.7 Å².